The smallest absolute Gasteiger partial charge is 0.333 e. The van der Waals surface area contributed by atoms with Crippen molar-refractivity contribution in [2.24, 2.45) is 11.8 Å². The molecule has 1 aliphatic carbocycles. The summed E-state index contributed by atoms with van der Waals surface area (Å²) in [6, 6.07) is 15.2. The molecule has 0 radical (unpaired) electrons. The molecule has 3 rings (SSSR count). The summed E-state index contributed by atoms with van der Waals surface area (Å²) in [5.41, 5.74) is 6.16. The first-order chi connectivity index (χ1) is 17.9. The van der Waals surface area contributed by atoms with Gasteiger partial charge in [-0.05, 0) is 85.1 Å². The predicted octanol–water partition coefficient (Wildman–Crippen LogP) is 7.36. The fraction of sp³-hybridized carbons (Fsp3) is 0.545. The number of aryl methyl sites for hydroxylation is 1. The quantitative estimate of drug-likeness (QED) is 0.160. The highest BCUT2D eigenvalue weighted by Crippen LogP contribution is 2.39. The Morgan fingerprint density at radius 1 is 1.03 bits per heavy atom. The summed E-state index contributed by atoms with van der Waals surface area (Å²) >= 11 is 0. The molecule has 1 fully saturated rings. The Morgan fingerprint density at radius 3 is 2.35 bits per heavy atom. The molecule has 2 aromatic carbocycles. The Labute approximate surface area is 223 Å². The summed E-state index contributed by atoms with van der Waals surface area (Å²) < 4.78 is 5.59. The van der Waals surface area contributed by atoms with E-state index < -0.39 is 0 Å². The summed E-state index contributed by atoms with van der Waals surface area (Å²) in [5.74, 6) is 1.01. The Bertz CT molecular complexity index is 982. The van der Waals surface area contributed by atoms with Crippen LogP contribution in [0.2, 0.25) is 0 Å². The lowest BCUT2D eigenvalue weighted by atomic mass is 9.76. The fourth-order valence-electron chi connectivity index (χ4n) is 5.46. The normalized spacial score (nSPS) is 17.6. The van der Waals surface area contributed by atoms with E-state index in [1.807, 2.05) is 0 Å². The molecular weight excluding hydrogens is 460 g/mol. The van der Waals surface area contributed by atoms with Crippen molar-refractivity contribution in [3.8, 4) is 11.1 Å². The number of ether oxygens (including phenoxy) is 1. The zero-order valence-corrected chi connectivity index (χ0v) is 22.9. The number of carbonyl (C=O) groups is 1. The van der Waals surface area contributed by atoms with Gasteiger partial charge < -0.3 is 14.9 Å². The van der Waals surface area contributed by atoms with Crippen LogP contribution in [0.1, 0.15) is 94.2 Å². The second-order valence-corrected chi connectivity index (χ2v) is 11.0. The molecule has 0 atom stereocenters. The van der Waals surface area contributed by atoms with E-state index in [1.165, 1.54) is 62.5 Å². The van der Waals surface area contributed by atoms with E-state index >= 15 is 0 Å². The predicted molar refractivity (Wildman–Crippen MR) is 151 cm³/mol. The average molecular weight is 507 g/mol. The van der Waals surface area contributed by atoms with E-state index in [2.05, 4.69) is 56.0 Å². The second-order valence-electron chi connectivity index (χ2n) is 11.0. The fourth-order valence-corrected chi connectivity index (χ4v) is 5.46. The third-order valence-electron chi connectivity index (χ3n) is 7.99. The van der Waals surface area contributed by atoms with Crippen molar-refractivity contribution in [3.05, 3.63) is 71.3 Å². The minimum atomic E-state index is -0.360. The Hall–Kier alpha value is -2.43. The lowest BCUT2D eigenvalue weighted by Gasteiger charge is -2.29. The Morgan fingerprint density at radius 2 is 1.73 bits per heavy atom. The molecule has 0 bridgehead atoms. The second kappa shape index (κ2) is 15.1. The van der Waals surface area contributed by atoms with E-state index in [1.54, 1.807) is 6.92 Å². The number of unbranched alkanes of at least 4 members (excludes halogenated alkanes) is 2. The van der Waals surface area contributed by atoms with E-state index in [0.29, 0.717) is 11.5 Å². The minimum Gasteiger partial charge on any atom is -0.457 e. The van der Waals surface area contributed by atoms with Crippen molar-refractivity contribution in [1.29, 1.82) is 0 Å². The average Bonchev–Trinajstić information content (AvgIpc) is 2.93. The van der Waals surface area contributed by atoms with Gasteiger partial charge in [-0.15, -0.1) is 0 Å². The molecule has 0 heterocycles. The van der Waals surface area contributed by atoms with E-state index in [-0.39, 0.29) is 31.7 Å². The molecular formula is C33H46O4. The van der Waals surface area contributed by atoms with Gasteiger partial charge in [0.15, 0.2) is 0 Å². The molecule has 2 N–H and O–H groups in total. The largest absolute Gasteiger partial charge is 0.457 e. The molecule has 4 nitrogen and oxygen atoms in total. The number of esters is 1. The van der Waals surface area contributed by atoms with Crippen LogP contribution in [0.4, 0.5) is 0 Å². The topological polar surface area (TPSA) is 66.8 Å². The summed E-state index contributed by atoms with van der Waals surface area (Å²) in [4.78, 5) is 12.2. The number of hydrogen-bond acceptors (Lipinski definition) is 4. The van der Waals surface area contributed by atoms with Crippen LogP contribution in [0.15, 0.2) is 54.6 Å². The Balaban J connectivity index is 1.74. The number of aliphatic hydroxyl groups excluding tert-OH is 2. The monoisotopic (exact) mass is 506 g/mol. The van der Waals surface area contributed by atoms with Crippen molar-refractivity contribution >= 4 is 5.97 Å². The molecule has 0 aliphatic heterocycles. The number of carbonyl (C=O) groups excluding carboxylic acids is 1. The minimum absolute atomic E-state index is 0.00764. The molecule has 0 saturated heterocycles. The SMILES string of the molecule is C=C(C)C(=O)OCc1cc(C2CCC(CCCCC)CC2)ccc1-c1ccc(CCC(CO)CO)cc1. The molecule has 4 heteroatoms. The summed E-state index contributed by atoms with van der Waals surface area (Å²) in [5, 5.41) is 18.6. The third kappa shape index (κ3) is 8.83. The van der Waals surface area contributed by atoms with Gasteiger partial charge in [-0.25, -0.2) is 4.79 Å². The van der Waals surface area contributed by atoms with Gasteiger partial charge in [0.1, 0.15) is 6.61 Å². The lowest BCUT2D eigenvalue weighted by molar-refractivity contribution is -0.140. The first kappa shape index (κ1) is 29.1. The van der Waals surface area contributed by atoms with Gasteiger partial charge in [-0.2, -0.15) is 0 Å². The van der Waals surface area contributed by atoms with Crippen LogP contribution in [-0.2, 0) is 22.6 Å². The zero-order valence-electron chi connectivity index (χ0n) is 22.9. The van der Waals surface area contributed by atoms with Crippen molar-refractivity contribution in [2.75, 3.05) is 13.2 Å². The maximum Gasteiger partial charge on any atom is 0.333 e. The van der Waals surface area contributed by atoms with Crippen molar-refractivity contribution in [2.45, 2.75) is 90.6 Å². The van der Waals surface area contributed by atoms with Crippen LogP contribution < -0.4 is 0 Å². The first-order valence-corrected chi connectivity index (χ1v) is 14.2. The lowest BCUT2D eigenvalue weighted by Crippen LogP contribution is -2.14. The first-order valence-electron chi connectivity index (χ1n) is 14.2. The van der Waals surface area contributed by atoms with Crippen LogP contribution in [0, 0.1) is 11.8 Å². The van der Waals surface area contributed by atoms with Crippen LogP contribution in [0.25, 0.3) is 11.1 Å². The zero-order chi connectivity index (χ0) is 26.6. The van der Waals surface area contributed by atoms with Crippen LogP contribution in [0.3, 0.4) is 0 Å². The van der Waals surface area contributed by atoms with Crippen LogP contribution in [0.5, 0.6) is 0 Å². The summed E-state index contributed by atoms with van der Waals surface area (Å²) in [7, 11) is 0. The number of rotatable bonds is 14. The van der Waals surface area contributed by atoms with Gasteiger partial charge in [0.05, 0.1) is 0 Å². The standard InChI is InChI=1S/C33H46O4/c1-4-5-6-7-25-10-14-28(15-11-25)30-18-19-32(31(20-30)23-37-33(36)24(2)3)29-16-12-26(13-17-29)8-9-27(21-34)22-35/h12-13,16-20,25,27-28,34-35H,2,4-11,14-15,21-23H2,1,3H3. The molecule has 37 heavy (non-hydrogen) atoms. The van der Waals surface area contributed by atoms with E-state index in [4.69, 9.17) is 4.74 Å². The van der Waals surface area contributed by atoms with Gasteiger partial charge >= 0.3 is 5.97 Å². The number of hydrogen-bond donors (Lipinski definition) is 2. The third-order valence-corrected chi connectivity index (χ3v) is 7.99. The summed E-state index contributed by atoms with van der Waals surface area (Å²) in [6.07, 6.45) is 12.0. The van der Waals surface area contributed by atoms with Crippen molar-refractivity contribution in [3.63, 3.8) is 0 Å². The van der Waals surface area contributed by atoms with Gasteiger partial charge in [-0.3, -0.25) is 0 Å². The van der Waals surface area contributed by atoms with Gasteiger partial charge in [0.2, 0.25) is 0 Å². The number of aliphatic hydroxyl groups is 2. The molecule has 202 valence electrons. The molecule has 0 spiro atoms. The molecule has 0 amide bonds. The highest BCUT2D eigenvalue weighted by atomic mass is 16.5. The molecule has 0 unspecified atom stereocenters. The van der Waals surface area contributed by atoms with Crippen molar-refractivity contribution in [1.82, 2.24) is 0 Å². The molecule has 2 aromatic rings. The van der Waals surface area contributed by atoms with Gasteiger partial charge in [0.25, 0.3) is 0 Å². The maximum absolute atomic E-state index is 12.2. The highest BCUT2D eigenvalue weighted by Gasteiger charge is 2.23. The van der Waals surface area contributed by atoms with Gasteiger partial charge in [-0.1, -0.05) is 81.7 Å². The van der Waals surface area contributed by atoms with E-state index in [0.717, 1.165) is 35.4 Å². The van der Waals surface area contributed by atoms with Crippen molar-refractivity contribution < 1.29 is 19.7 Å². The molecule has 1 aliphatic rings. The summed E-state index contributed by atoms with van der Waals surface area (Å²) in [6.45, 7) is 7.91. The van der Waals surface area contributed by atoms with Crippen LogP contribution >= 0.6 is 0 Å². The maximum atomic E-state index is 12.2. The Kier molecular flexibility index (Phi) is 11.9. The molecule has 0 aromatic heterocycles. The van der Waals surface area contributed by atoms with E-state index in [9.17, 15) is 15.0 Å². The highest BCUT2D eigenvalue weighted by molar-refractivity contribution is 5.87. The number of benzene rings is 2. The van der Waals surface area contributed by atoms with Gasteiger partial charge in [0, 0.05) is 24.7 Å². The molecule has 1 saturated carbocycles. The van der Waals surface area contributed by atoms with Crippen LogP contribution in [-0.4, -0.2) is 29.4 Å².